The summed E-state index contributed by atoms with van der Waals surface area (Å²) in [6.45, 7) is 4.92. The second-order valence-electron chi connectivity index (χ2n) is 6.92. The lowest BCUT2D eigenvalue weighted by Crippen LogP contribution is -2.33. The van der Waals surface area contributed by atoms with Gasteiger partial charge in [-0.3, -0.25) is 4.90 Å². The highest BCUT2D eigenvalue weighted by atomic mass is 127. The van der Waals surface area contributed by atoms with Crippen molar-refractivity contribution in [3.05, 3.63) is 57.8 Å². The Morgan fingerprint density at radius 1 is 1.04 bits per heavy atom. The lowest BCUT2D eigenvalue weighted by molar-refractivity contribution is 0.276. The molecule has 0 atom stereocenters. The van der Waals surface area contributed by atoms with E-state index in [1.807, 2.05) is 0 Å². The van der Waals surface area contributed by atoms with Gasteiger partial charge in [-0.25, -0.2) is 4.99 Å². The van der Waals surface area contributed by atoms with Gasteiger partial charge in [0, 0.05) is 18.0 Å². The summed E-state index contributed by atoms with van der Waals surface area (Å²) >= 11 is 1.78. The van der Waals surface area contributed by atoms with Gasteiger partial charge < -0.3 is 11.1 Å². The molecule has 1 aliphatic heterocycles. The van der Waals surface area contributed by atoms with E-state index in [2.05, 4.69) is 57.0 Å². The van der Waals surface area contributed by atoms with E-state index in [1.165, 1.54) is 54.8 Å². The molecule has 0 unspecified atom stereocenters. The van der Waals surface area contributed by atoms with Crippen molar-refractivity contribution in [2.45, 2.75) is 45.2 Å². The van der Waals surface area contributed by atoms with Crippen LogP contribution in [0.1, 0.15) is 41.7 Å². The summed E-state index contributed by atoms with van der Waals surface area (Å²) < 4.78 is 0. The number of nitrogens with zero attached hydrogens (tertiary/aromatic N) is 2. The first-order chi connectivity index (χ1) is 12.8. The monoisotopic (exact) mass is 498 g/mol. The van der Waals surface area contributed by atoms with E-state index in [0.29, 0.717) is 12.5 Å². The van der Waals surface area contributed by atoms with Gasteiger partial charge in [-0.05, 0) is 54.9 Å². The predicted octanol–water partition coefficient (Wildman–Crippen LogP) is 4.39. The van der Waals surface area contributed by atoms with Gasteiger partial charge in [0.05, 0.1) is 6.54 Å². The molecule has 1 fully saturated rings. The van der Waals surface area contributed by atoms with Crippen LogP contribution in [0.25, 0.3) is 0 Å². The quantitative estimate of drug-likeness (QED) is 0.338. The Morgan fingerprint density at radius 2 is 1.78 bits per heavy atom. The largest absolute Gasteiger partial charge is 0.370 e. The van der Waals surface area contributed by atoms with E-state index < -0.39 is 0 Å². The fourth-order valence-corrected chi connectivity index (χ4v) is 4.11. The standard InChI is InChI=1S/C21H30N4S.HI/c22-21(23-12-11-20-10-7-15-26-20)24-16-18-8-3-4-9-19(18)17-25-13-5-1-2-6-14-25;/h3-4,7-10,15H,1-2,5-6,11-14,16-17H2,(H3,22,23,24);1H. The third-order valence-corrected chi connectivity index (χ3v) is 5.82. The van der Waals surface area contributed by atoms with Gasteiger partial charge in [0.2, 0.25) is 0 Å². The average Bonchev–Trinajstić information content (AvgIpc) is 3.04. The second kappa shape index (κ2) is 12.4. The zero-order valence-corrected chi connectivity index (χ0v) is 19.0. The lowest BCUT2D eigenvalue weighted by atomic mass is 10.1. The molecule has 0 radical (unpaired) electrons. The van der Waals surface area contributed by atoms with Gasteiger partial charge in [-0.15, -0.1) is 35.3 Å². The molecule has 6 heteroatoms. The third-order valence-electron chi connectivity index (χ3n) is 4.89. The van der Waals surface area contributed by atoms with Crippen LogP contribution < -0.4 is 11.1 Å². The first-order valence-electron chi connectivity index (χ1n) is 9.66. The molecule has 4 nitrogen and oxygen atoms in total. The smallest absolute Gasteiger partial charge is 0.188 e. The maximum Gasteiger partial charge on any atom is 0.188 e. The van der Waals surface area contributed by atoms with E-state index >= 15 is 0 Å². The summed E-state index contributed by atoms with van der Waals surface area (Å²) in [5, 5.41) is 5.33. The van der Waals surface area contributed by atoms with Crippen LogP contribution in [-0.2, 0) is 19.5 Å². The molecule has 2 heterocycles. The third kappa shape index (κ3) is 7.79. The second-order valence-corrected chi connectivity index (χ2v) is 7.95. The van der Waals surface area contributed by atoms with E-state index in [1.54, 1.807) is 11.3 Å². The number of guanidine groups is 1. The van der Waals surface area contributed by atoms with Crippen molar-refractivity contribution in [3.8, 4) is 0 Å². The number of likely N-dealkylation sites (tertiary alicyclic amines) is 1. The molecule has 0 amide bonds. The molecule has 0 spiro atoms. The minimum absolute atomic E-state index is 0. The fraction of sp³-hybridized carbons (Fsp3) is 0.476. The minimum Gasteiger partial charge on any atom is -0.370 e. The van der Waals surface area contributed by atoms with Gasteiger partial charge in [0.15, 0.2) is 5.96 Å². The predicted molar refractivity (Wildman–Crippen MR) is 127 cm³/mol. The summed E-state index contributed by atoms with van der Waals surface area (Å²) in [5.74, 6) is 0.533. The Bertz CT molecular complexity index is 679. The van der Waals surface area contributed by atoms with E-state index in [4.69, 9.17) is 5.73 Å². The van der Waals surface area contributed by atoms with Crippen LogP contribution in [0.4, 0.5) is 0 Å². The van der Waals surface area contributed by atoms with Crippen molar-refractivity contribution in [2.24, 2.45) is 10.7 Å². The van der Waals surface area contributed by atoms with Crippen molar-refractivity contribution < 1.29 is 0 Å². The fourth-order valence-electron chi connectivity index (χ4n) is 3.40. The van der Waals surface area contributed by atoms with Gasteiger partial charge in [-0.2, -0.15) is 0 Å². The Balaban J connectivity index is 0.00000261. The molecule has 0 bridgehead atoms. The van der Waals surface area contributed by atoms with Gasteiger partial charge in [0.1, 0.15) is 0 Å². The summed E-state index contributed by atoms with van der Waals surface area (Å²) in [6.07, 6.45) is 6.37. The molecule has 0 saturated carbocycles. The van der Waals surface area contributed by atoms with Crippen LogP contribution in [-0.4, -0.2) is 30.5 Å². The molecule has 2 aromatic rings. The van der Waals surface area contributed by atoms with Crippen LogP contribution in [0.3, 0.4) is 0 Å². The maximum absolute atomic E-state index is 6.05. The molecule has 1 aromatic carbocycles. The number of hydrogen-bond donors (Lipinski definition) is 2. The van der Waals surface area contributed by atoms with Crippen LogP contribution in [0, 0.1) is 0 Å². The average molecular weight is 498 g/mol. The number of aliphatic imine (C=N–C) groups is 1. The SMILES string of the molecule is I.NC(=NCc1ccccc1CN1CCCCCC1)NCCc1cccs1. The Morgan fingerprint density at radius 3 is 2.48 bits per heavy atom. The lowest BCUT2D eigenvalue weighted by Gasteiger charge is -2.21. The van der Waals surface area contributed by atoms with Crippen LogP contribution in [0.15, 0.2) is 46.8 Å². The van der Waals surface area contributed by atoms with Crippen molar-refractivity contribution >= 4 is 41.3 Å². The van der Waals surface area contributed by atoms with E-state index in [0.717, 1.165) is 19.5 Å². The van der Waals surface area contributed by atoms with Crippen molar-refractivity contribution in [3.63, 3.8) is 0 Å². The van der Waals surface area contributed by atoms with Crippen LogP contribution in [0.2, 0.25) is 0 Å². The van der Waals surface area contributed by atoms with Crippen molar-refractivity contribution in [1.29, 1.82) is 0 Å². The number of benzene rings is 1. The normalized spacial score (nSPS) is 15.8. The van der Waals surface area contributed by atoms with Gasteiger partial charge in [-0.1, -0.05) is 43.2 Å². The Hall–Kier alpha value is -1.12. The van der Waals surface area contributed by atoms with Crippen molar-refractivity contribution in [2.75, 3.05) is 19.6 Å². The summed E-state index contributed by atoms with van der Waals surface area (Å²) in [4.78, 5) is 8.50. The number of nitrogens with two attached hydrogens (primary N) is 1. The number of halogens is 1. The number of hydrogen-bond acceptors (Lipinski definition) is 3. The highest BCUT2D eigenvalue weighted by Gasteiger charge is 2.11. The Labute approximate surface area is 184 Å². The summed E-state index contributed by atoms with van der Waals surface area (Å²) in [6, 6.07) is 12.9. The van der Waals surface area contributed by atoms with Crippen LogP contribution >= 0.6 is 35.3 Å². The molecule has 148 valence electrons. The molecule has 1 aliphatic rings. The molecule has 3 rings (SSSR count). The number of thiophene rings is 1. The highest BCUT2D eigenvalue weighted by molar-refractivity contribution is 14.0. The van der Waals surface area contributed by atoms with Crippen molar-refractivity contribution in [1.82, 2.24) is 10.2 Å². The minimum atomic E-state index is 0. The number of rotatable bonds is 7. The summed E-state index contributed by atoms with van der Waals surface area (Å²) in [7, 11) is 0. The molecule has 1 saturated heterocycles. The zero-order valence-electron chi connectivity index (χ0n) is 15.9. The number of nitrogens with one attached hydrogen (secondary N) is 1. The van der Waals surface area contributed by atoms with Crippen LogP contribution in [0.5, 0.6) is 0 Å². The topological polar surface area (TPSA) is 53.6 Å². The molecule has 3 N–H and O–H groups in total. The van der Waals surface area contributed by atoms with Gasteiger partial charge >= 0.3 is 0 Å². The van der Waals surface area contributed by atoms with E-state index in [-0.39, 0.29) is 24.0 Å². The zero-order chi connectivity index (χ0) is 18.0. The molecule has 27 heavy (non-hydrogen) atoms. The molecular weight excluding hydrogens is 467 g/mol. The molecule has 1 aromatic heterocycles. The first-order valence-corrected chi connectivity index (χ1v) is 10.5. The highest BCUT2D eigenvalue weighted by Crippen LogP contribution is 2.17. The summed E-state index contributed by atoms with van der Waals surface area (Å²) in [5.41, 5.74) is 8.70. The molecular formula is C21H31IN4S. The van der Waals surface area contributed by atoms with Gasteiger partial charge in [0.25, 0.3) is 0 Å². The molecule has 0 aliphatic carbocycles. The maximum atomic E-state index is 6.05. The first kappa shape index (κ1) is 22.2. The Kier molecular flexibility index (Phi) is 10.2. The van der Waals surface area contributed by atoms with E-state index in [9.17, 15) is 0 Å².